The summed E-state index contributed by atoms with van der Waals surface area (Å²) in [6, 6.07) is 16.4. The lowest BCUT2D eigenvalue weighted by atomic mass is 10.1. The summed E-state index contributed by atoms with van der Waals surface area (Å²) < 4.78 is 18.0. The molecule has 5 rings (SSSR count). The number of hydrogen-bond acceptors (Lipinski definition) is 7. The maximum atomic E-state index is 12.9. The molecule has 9 heteroatoms. The molecular formula is C23H18N2O5S2. The van der Waals surface area contributed by atoms with Crippen molar-refractivity contribution in [2.75, 3.05) is 13.2 Å². The van der Waals surface area contributed by atoms with Gasteiger partial charge in [0.1, 0.15) is 18.8 Å². The normalized spacial score (nSPS) is 12.5. The topological polar surface area (TPSA) is 89.8 Å². The minimum Gasteiger partial charge on any atom is -0.486 e. The zero-order valence-corrected chi connectivity index (χ0v) is 18.4. The van der Waals surface area contributed by atoms with Gasteiger partial charge in [-0.05, 0) is 35.7 Å². The van der Waals surface area contributed by atoms with Crippen LogP contribution in [0.25, 0.3) is 11.0 Å². The van der Waals surface area contributed by atoms with Crippen LogP contribution in [0.4, 0.5) is 0 Å². The highest BCUT2D eigenvalue weighted by Crippen LogP contribution is 2.34. The number of fused-ring (bicyclic) bond motifs is 2. The molecule has 3 heterocycles. The third-order valence-corrected chi connectivity index (χ3v) is 7.01. The van der Waals surface area contributed by atoms with Crippen LogP contribution in [0.1, 0.15) is 26.5 Å². The summed E-state index contributed by atoms with van der Waals surface area (Å²) in [7, 11) is 0. The minimum absolute atomic E-state index is 0.178. The standard InChI is InChI=1S/C23H18N2O5S2/c26-22(14-7-8-18-19(12-14)29-10-9-28-18)24-25-23(27)21-16(13-32-20-6-3-11-31-20)15-4-1-2-5-17(15)30-21/h1-8,11-12H,9-10,13H2,(H,24,26)(H,25,27). The van der Waals surface area contributed by atoms with Crippen molar-refractivity contribution in [2.24, 2.45) is 0 Å². The van der Waals surface area contributed by atoms with E-state index < -0.39 is 11.8 Å². The molecule has 0 bridgehead atoms. The van der Waals surface area contributed by atoms with Gasteiger partial charge in [-0.15, -0.1) is 23.1 Å². The van der Waals surface area contributed by atoms with Crippen LogP contribution in [0, 0.1) is 0 Å². The number of hydrazine groups is 1. The van der Waals surface area contributed by atoms with Gasteiger partial charge in [-0.3, -0.25) is 20.4 Å². The molecule has 0 radical (unpaired) electrons. The first-order valence-electron chi connectivity index (χ1n) is 9.86. The molecule has 1 aliphatic rings. The van der Waals surface area contributed by atoms with E-state index in [1.807, 2.05) is 41.8 Å². The van der Waals surface area contributed by atoms with E-state index in [2.05, 4.69) is 10.9 Å². The van der Waals surface area contributed by atoms with E-state index in [9.17, 15) is 9.59 Å². The van der Waals surface area contributed by atoms with Crippen LogP contribution in [0.3, 0.4) is 0 Å². The number of nitrogens with one attached hydrogen (secondary N) is 2. The van der Waals surface area contributed by atoms with Crippen LogP contribution >= 0.6 is 23.1 Å². The molecule has 0 saturated carbocycles. The first kappa shape index (κ1) is 20.5. The number of rotatable bonds is 5. The number of carbonyl (C=O) groups is 2. The molecule has 1 aliphatic heterocycles. The van der Waals surface area contributed by atoms with E-state index >= 15 is 0 Å². The van der Waals surface area contributed by atoms with E-state index in [-0.39, 0.29) is 5.76 Å². The smallest absolute Gasteiger partial charge is 0.305 e. The molecule has 0 saturated heterocycles. The average molecular weight is 467 g/mol. The fraction of sp³-hybridized carbons (Fsp3) is 0.130. The fourth-order valence-corrected chi connectivity index (χ4v) is 5.15. The molecule has 7 nitrogen and oxygen atoms in total. The Morgan fingerprint density at radius 2 is 1.75 bits per heavy atom. The quantitative estimate of drug-likeness (QED) is 0.329. The van der Waals surface area contributed by atoms with Crippen molar-refractivity contribution in [1.29, 1.82) is 0 Å². The second kappa shape index (κ2) is 8.97. The number of para-hydroxylation sites is 1. The van der Waals surface area contributed by atoms with E-state index in [1.54, 1.807) is 41.3 Å². The second-order valence-corrected chi connectivity index (χ2v) is 9.12. The van der Waals surface area contributed by atoms with Crippen LogP contribution in [0.5, 0.6) is 11.5 Å². The van der Waals surface area contributed by atoms with Gasteiger partial charge in [0, 0.05) is 22.3 Å². The summed E-state index contributed by atoms with van der Waals surface area (Å²) in [5, 5.41) is 2.89. The summed E-state index contributed by atoms with van der Waals surface area (Å²) in [5.41, 5.74) is 6.65. The average Bonchev–Trinajstić information content (AvgIpc) is 3.48. The number of amides is 2. The van der Waals surface area contributed by atoms with Gasteiger partial charge in [-0.2, -0.15) is 0 Å². The van der Waals surface area contributed by atoms with E-state index in [0.29, 0.717) is 41.6 Å². The number of thiophene rings is 1. The van der Waals surface area contributed by atoms with Crippen molar-refractivity contribution < 1.29 is 23.5 Å². The predicted octanol–water partition coefficient (Wildman–Crippen LogP) is 4.63. The van der Waals surface area contributed by atoms with Gasteiger partial charge in [0.2, 0.25) is 0 Å². The van der Waals surface area contributed by atoms with Gasteiger partial charge < -0.3 is 13.9 Å². The van der Waals surface area contributed by atoms with Gasteiger partial charge >= 0.3 is 5.91 Å². The van der Waals surface area contributed by atoms with E-state index in [0.717, 1.165) is 15.2 Å². The lowest BCUT2D eigenvalue weighted by Crippen LogP contribution is -2.41. The molecule has 0 spiro atoms. The van der Waals surface area contributed by atoms with Crippen molar-refractivity contribution >= 4 is 45.9 Å². The van der Waals surface area contributed by atoms with Gasteiger partial charge in [-0.25, -0.2) is 0 Å². The highest BCUT2D eigenvalue weighted by atomic mass is 32.2. The minimum atomic E-state index is -0.520. The molecule has 0 aliphatic carbocycles. The molecular weight excluding hydrogens is 448 g/mol. The van der Waals surface area contributed by atoms with E-state index in [4.69, 9.17) is 13.9 Å². The summed E-state index contributed by atoms with van der Waals surface area (Å²) >= 11 is 3.27. The van der Waals surface area contributed by atoms with Crippen molar-refractivity contribution in [2.45, 2.75) is 9.96 Å². The van der Waals surface area contributed by atoms with Crippen molar-refractivity contribution in [1.82, 2.24) is 10.9 Å². The number of thioether (sulfide) groups is 1. The molecule has 2 aromatic heterocycles. The van der Waals surface area contributed by atoms with Crippen LogP contribution in [-0.4, -0.2) is 25.0 Å². The van der Waals surface area contributed by atoms with Gasteiger partial charge in [0.15, 0.2) is 17.3 Å². The number of benzene rings is 2. The lowest BCUT2D eigenvalue weighted by Gasteiger charge is -2.18. The van der Waals surface area contributed by atoms with Gasteiger partial charge in [0.25, 0.3) is 5.91 Å². The molecule has 162 valence electrons. The summed E-state index contributed by atoms with van der Waals surface area (Å²) in [6.45, 7) is 0.895. The first-order chi connectivity index (χ1) is 15.7. The van der Waals surface area contributed by atoms with Crippen molar-refractivity contribution in [3.63, 3.8) is 0 Å². The van der Waals surface area contributed by atoms with Crippen LogP contribution in [0.2, 0.25) is 0 Å². The predicted molar refractivity (Wildman–Crippen MR) is 122 cm³/mol. The Bertz CT molecular complexity index is 1280. The maximum absolute atomic E-state index is 12.9. The van der Waals surface area contributed by atoms with Crippen LogP contribution in [0.15, 0.2) is 68.6 Å². The molecule has 2 aromatic carbocycles. The fourth-order valence-electron chi connectivity index (χ4n) is 3.34. The third-order valence-electron chi connectivity index (χ3n) is 4.85. The molecule has 0 unspecified atom stereocenters. The van der Waals surface area contributed by atoms with Gasteiger partial charge in [0.05, 0.1) is 4.21 Å². The third kappa shape index (κ3) is 4.17. The Morgan fingerprint density at radius 1 is 0.938 bits per heavy atom. The monoisotopic (exact) mass is 466 g/mol. The SMILES string of the molecule is O=C(NNC(=O)c1oc2ccccc2c1CSc1cccs1)c1ccc2c(c1)OCCO2. The highest BCUT2D eigenvalue weighted by molar-refractivity contribution is 8.00. The molecule has 2 N–H and O–H groups in total. The number of carbonyl (C=O) groups excluding carboxylic acids is 2. The molecule has 4 aromatic rings. The lowest BCUT2D eigenvalue weighted by molar-refractivity contribution is 0.0831. The highest BCUT2D eigenvalue weighted by Gasteiger charge is 2.22. The number of ether oxygens (including phenoxy) is 2. The summed E-state index contributed by atoms with van der Waals surface area (Å²) in [5.74, 6) is 0.844. The maximum Gasteiger partial charge on any atom is 0.305 e. The molecule has 2 amide bonds. The molecule has 0 fully saturated rings. The van der Waals surface area contributed by atoms with Crippen LogP contribution < -0.4 is 20.3 Å². The van der Waals surface area contributed by atoms with Crippen molar-refractivity contribution in [3.8, 4) is 11.5 Å². The largest absolute Gasteiger partial charge is 0.486 e. The Labute approximate surface area is 191 Å². The zero-order chi connectivity index (χ0) is 21.9. The van der Waals surface area contributed by atoms with E-state index in [1.165, 1.54) is 0 Å². The summed E-state index contributed by atoms with van der Waals surface area (Å²) in [6.07, 6.45) is 0. The van der Waals surface area contributed by atoms with Crippen LogP contribution in [-0.2, 0) is 5.75 Å². The second-order valence-electron chi connectivity index (χ2n) is 6.89. The van der Waals surface area contributed by atoms with Crippen molar-refractivity contribution in [3.05, 3.63) is 76.9 Å². The molecule has 0 atom stereocenters. The number of hydrogen-bond donors (Lipinski definition) is 2. The molecule has 32 heavy (non-hydrogen) atoms. The Hall–Kier alpha value is -3.43. The Balaban J connectivity index is 1.32. The van der Waals surface area contributed by atoms with Gasteiger partial charge in [-0.1, -0.05) is 24.3 Å². The Morgan fingerprint density at radius 3 is 2.59 bits per heavy atom. The first-order valence-corrected chi connectivity index (χ1v) is 11.7. The number of furan rings is 1. The summed E-state index contributed by atoms with van der Waals surface area (Å²) in [4.78, 5) is 25.4. The Kier molecular flexibility index (Phi) is 5.74. The zero-order valence-electron chi connectivity index (χ0n) is 16.8.